The van der Waals surface area contributed by atoms with Crippen LogP contribution in [0.3, 0.4) is 0 Å². The number of aliphatic hydroxyl groups is 1. The molecule has 2 bridgehead atoms. The highest BCUT2D eigenvalue weighted by Crippen LogP contribution is 2.63. The SMILES string of the molecule is C=CCN(C)C(=O)[C@@H]1[C@H]2C(=O)N([C@H](C)CO)C(C(=O)N(CC=C)C(C)C)C23CC[C@@]1(C)O3. The molecule has 0 saturated carbocycles. The number of likely N-dealkylation sites (tertiary alicyclic amines) is 1. The van der Waals surface area contributed by atoms with Gasteiger partial charge in [0.05, 0.1) is 30.1 Å². The lowest BCUT2D eigenvalue weighted by Gasteiger charge is -2.39. The number of likely N-dealkylation sites (N-methyl/N-ethyl adjacent to an activating group) is 1. The molecule has 0 aliphatic carbocycles. The molecule has 3 aliphatic rings. The summed E-state index contributed by atoms with van der Waals surface area (Å²) in [5, 5.41) is 9.92. The molecule has 3 fully saturated rings. The molecule has 0 aromatic carbocycles. The topological polar surface area (TPSA) is 90.4 Å². The Hall–Kier alpha value is -2.19. The van der Waals surface area contributed by atoms with Gasteiger partial charge in [0.15, 0.2) is 0 Å². The molecule has 3 rings (SSSR count). The van der Waals surface area contributed by atoms with Crippen molar-refractivity contribution >= 4 is 17.7 Å². The van der Waals surface area contributed by atoms with Crippen LogP contribution in [0.25, 0.3) is 0 Å². The number of carbonyl (C=O) groups is 3. The maximum absolute atomic E-state index is 13.9. The minimum Gasteiger partial charge on any atom is -0.394 e. The highest BCUT2D eigenvalue weighted by Gasteiger charge is 2.78. The highest BCUT2D eigenvalue weighted by atomic mass is 16.5. The van der Waals surface area contributed by atoms with E-state index in [1.165, 1.54) is 4.90 Å². The van der Waals surface area contributed by atoms with E-state index in [4.69, 9.17) is 4.74 Å². The molecular formula is C24H37N3O5. The second-order valence-corrected chi connectivity index (χ2v) is 9.89. The van der Waals surface area contributed by atoms with Gasteiger partial charge in [-0.2, -0.15) is 0 Å². The summed E-state index contributed by atoms with van der Waals surface area (Å²) in [5.41, 5.74) is -1.91. The lowest BCUT2D eigenvalue weighted by Crippen LogP contribution is -2.59. The van der Waals surface area contributed by atoms with E-state index in [9.17, 15) is 19.5 Å². The first-order chi connectivity index (χ1) is 15.0. The second-order valence-electron chi connectivity index (χ2n) is 9.89. The van der Waals surface area contributed by atoms with Crippen LogP contribution >= 0.6 is 0 Å². The van der Waals surface area contributed by atoms with Crippen molar-refractivity contribution in [1.29, 1.82) is 0 Å². The van der Waals surface area contributed by atoms with Gasteiger partial charge in [-0.15, -0.1) is 13.2 Å². The third-order valence-corrected chi connectivity index (χ3v) is 7.46. The van der Waals surface area contributed by atoms with Crippen LogP contribution in [0.4, 0.5) is 0 Å². The summed E-state index contributed by atoms with van der Waals surface area (Å²) >= 11 is 0. The van der Waals surface area contributed by atoms with E-state index in [0.717, 1.165) is 0 Å². The van der Waals surface area contributed by atoms with Gasteiger partial charge >= 0.3 is 0 Å². The zero-order chi connectivity index (χ0) is 24.0. The normalized spacial score (nSPS) is 33.9. The number of fused-ring (bicyclic) bond motifs is 1. The summed E-state index contributed by atoms with van der Waals surface area (Å²) in [6, 6.07) is -1.58. The van der Waals surface area contributed by atoms with E-state index in [1.807, 2.05) is 20.8 Å². The molecule has 3 saturated heterocycles. The van der Waals surface area contributed by atoms with Gasteiger partial charge < -0.3 is 24.5 Å². The highest BCUT2D eigenvalue weighted by molar-refractivity contribution is 5.99. The van der Waals surface area contributed by atoms with Crippen LogP contribution in [0.2, 0.25) is 0 Å². The van der Waals surface area contributed by atoms with Crippen molar-refractivity contribution in [2.45, 2.75) is 69.9 Å². The first-order valence-electron chi connectivity index (χ1n) is 11.4. The molecule has 1 spiro atoms. The summed E-state index contributed by atoms with van der Waals surface area (Å²) < 4.78 is 6.58. The number of amides is 3. The van der Waals surface area contributed by atoms with Gasteiger partial charge in [-0.05, 0) is 40.5 Å². The standard InChI is InChI=1S/C24H37N3O5/c1-8-12-25(7)20(29)17-18-21(30)27(16(5)14-28)19(22(31)26(13-9-2)15(3)4)24(18)11-10-23(17,6)32-24/h8-9,15-19,28H,1-2,10-14H2,3-7H3/t16-,17+,18+,19?,23-,24?/m1/s1. The number of hydrogen-bond donors (Lipinski definition) is 1. The summed E-state index contributed by atoms with van der Waals surface area (Å²) in [7, 11) is 1.69. The number of hydrogen-bond acceptors (Lipinski definition) is 5. The molecule has 3 amide bonds. The first-order valence-corrected chi connectivity index (χ1v) is 11.4. The predicted octanol–water partition coefficient (Wildman–Crippen LogP) is 1.20. The smallest absolute Gasteiger partial charge is 0.248 e. The third-order valence-electron chi connectivity index (χ3n) is 7.46. The van der Waals surface area contributed by atoms with Crippen LogP contribution in [0.15, 0.2) is 25.3 Å². The molecule has 0 aromatic heterocycles. The van der Waals surface area contributed by atoms with E-state index in [-0.39, 0.29) is 30.4 Å². The first kappa shape index (κ1) is 24.5. The minimum atomic E-state index is -1.09. The average Bonchev–Trinajstić information content (AvgIpc) is 3.31. The van der Waals surface area contributed by atoms with Crippen molar-refractivity contribution in [3.63, 3.8) is 0 Å². The Labute approximate surface area is 190 Å². The largest absolute Gasteiger partial charge is 0.394 e. The number of carbonyl (C=O) groups excluding carboxylic acids is 3. The fourth-order valence-corrected chi connectivity index (χ4v) is 5.95. The van der Waals surface area contributed by atoms with Crippen molar-refractivity contribution in [3.8, 4) is 0 Å². The molecule has 8 heteroatoms. The molecule has 32 heavy (non-hydrogen) atoms. The molecular weight excluding hydrogens is 410 g/mol. The van der Waals surface area contributed by atoms with Gasteiger partial charge in [0, 0.05) is 26.2 Å². The van der Waals surface area contributed by atoms with Crippen LogP contribution in [0, 0.1) is 11.8 Å². The van der Waals surface area contributed by atoms with Gasteiger partial charge in [0.1, 0.15) is 11.6 Å². The van der Waals surface area contributed by atoms with Crippen LogP contribution in [0.1, 0.15) is 40.5 Å². The number of aliphatic hydroxyl groups excluding tert-OH is 1. The maximum Gasteiger partial charge on any atom is 0.248 e. The molecule has 0 aromatic rings. The van der Waals surface area contributed by atoms with E-state index in [2.05, 4.69) is 13.2 Å². The Bertz CT molecular complexity index is 813. The number of nitrogens with zero attached hydrogens (tertiary/aromatic N) is 3. The lowest BCUT2D eigenvalue weighted by atomic mass is 9.66. The molecule has 1 N–H and O–H groups in total. The molecule has 0 radical (unpaired) electrons. The van der Waals surface area contributed by atoms with Crippen LogP contribution in [0.5, 0.6) is 0 Å². The van der Waals surface area contributed by atoms with Gasteiger partial charge in [0.25, 0.3) is 0 Å². The predicted molar refractivity (Wildman–Crippen MR) is 120 cm³/mol. The fraction of sp³-hybridized carbons (Fsp3) is 0.708. The van der Waals surface area contributed by atoms with Gasteiger partial charge in [-0.1, -0.05) is 12.2 Å². The van der Waals surface area contributed by atoms with Crippen molar-refractivity contribution in [1.82, 2.24) is 14.7 Å². The Morgan fingerprint density at radius 3 is 2.38 bits per heavy atom. The molecule has 6 atom stereocenters. The van der Waals surface area contributed by atoms with Gasteiger partial charge in [0.2, 0.25) is 17.7 Å². The van der Waals surface area contributed by atoms with E-state index >= 15 is 0 Å². The Morgan fingerprint density at radius 1 is 1.22 bits per heavy atom. The minimum absolute atomic E-state index is 0.109. The summed E-state index contributed by atoms with van der Waals surface area (Å²) in [6.07, 6.45) is 4.40. The van der Waals surface area contributed by atoms with Crippen molar-refractivity contribution in [2.24, 2.45) is 11.8 Å². The van der Waals surface area contributed by atoms with Crippen LogP contribution < -0.4 is 0 Å². The summed E-state index contributed by atoms with van der Waals surface area (Å²) in [4.78, 5) is 45.9. The Morgan fingerprint density at radius 2 is 1.84 bits per heavy atom. The molecule has 2 unspecified atom stereocenters. The number of rotatable bonds is 9. The lowest BCUT2D eigenvalue weighted by molar-refractivity contribution is -0.156. The van der Waals surface area contributed by atoms with E-state index in [0.29, 0.717) is 25.9 Å². The van der Waals surface area contributed by atoms with Crippen LogP contribution in [-0.4, -0.2) is 93.6 Å². The number of ether oxygens (including phenoxy) is 1. The Kier molecular flexibility index (Phi) is 6.60. The average molecular weight is 448 g/mol. The fourth-order valence-electron chi connectivity index (χ4n) is 5.95. The molecule has 8 nitrogen and oxygen atoms in total. The van der Waals surface area contributed by atoms with E-state index < -0.39 is 35.1 Å². The zero-order valence-electron chi connectivity index (χ0n) is 19.9. The van der Waals surface area contributed by atoms with Crippen molar-refractivity contribution in [3.05, 3.63) is 25.3 Å². The second kappa shape index (κ2) is 8.63. The van der Waals surface area contributed by atoms with Gasteiger partial charge in [-0.25, -0.2) is 0 Å². The zero-order valence-corrected chi connectivity index (χ0v) is 19.9. The molecule has 3 aliphatic heterocycles. The molecule has 178 valence electrons. The van der Waals surface area contributed by atoms with Gasteiger partial charge in [-0.3, -0.25) is 14.4 Å². The maximum atomic E-state index is 13.9. The third kappa shape index (κ3) is 3.39. The molecule has 3 heterocycles. The summed E-state index contributed by atoms with van der Waals surface area (Å²) in [5.74, 6) is -2.15. The van der Waals surface area contributed by atoms with Crippen molar-refractivity contribution < 1.29 is 24.2 Å². The monoisotopic (exact) mass is 447 g/mol. The van der Waals surface area contributed by atoms with Crippen molar-refractivity contribution in [2.75, 3.05) is 26.7 Å². The Balaban J connectivity index is 2.12. The van der Waals surface area contributed by atoms with Crippen LogP contribution in [-0.2, 0) is 19.1 Å². The quantitative estimate of drug-likeness (QED) is 0.537. The summed E-state index contributed by atoms with van der Waals surface area (Å²) in [6.45, 7) is 15.3. The van der Waals surface area contributed by atoms with E-state index in [1.54, 1.807) is 35.9 Å².